The average molecular weight is 247 g/mol. The predicted octanol–water partition coefficient (Wildman–Crippen LogP) is 4.01. The number of hydrogen-bond acceptors (Lipinski definition) is 1. The Morgan fingerprint density at radius 1 is 1.22 bits per heavy atom. The number of likely N-dealkylation sites (N-methyl/N-ethyl adjacent to an activating group) is 1. The van der Waals surface area contributed by atoms with Gasteiger partial charge in [0, 0.05) is 6.54 Å². The molecule has 1 N–H and O–H groups in total. The quantitative estimate of drug-likeness (QED) is 0.847. The van der Waals surface area contributed by atoms with E-state index in [1.807, 2.05) is 19.2 Å². The van der Waals surface area contributed by atoms with E-state index in [1.165, 1.54) is 49.8 Å². The van der Waals surface area contributed by atoms with Gasteiger partial charge < -0.3 is 5.32 Å². The summed E-state index contributed by atoms with van der Waals surface area (Å²) < 4.78 is 12.9. The van der Waals surface area contributed by atoms with Gasteiger partial charge in [0.25, 0.3) is 0 Å². The summed E-state index contributed by atoms with van der Waals surface area (Å²) in [5.41, 5.74) is 2.57. The van der Waals surface area contributed by atoms with Gasteiger partial charge in [-0.25, -0.2) is 4.39 Å². The molecule has 18 heavy (non-hydrogen) atoms. The summed E-state index contributed by atoms with van der Waals surface area (Å²) >= 11 is 0. The van der Waals surface area contributed by atoms with E-state index in [1.54, 1.807) is 0 Å². The average Bonchev–Trinajstić information content (AvgIpc) is 2.42. The molecule has 0 saturated heterocycles. The first-order chi connectivity index (χ1) is 8.79. The van der Waals surface area contributed by atoms with E-state index in [-0.39, 0.29) is 5.82 Å². The van der Waals surface area contributed by atoms with E-state index in [0.717, 1.165) is 12.1 Å². The van der Waals surface area contributed by atoms with Crippen molar-refractivity contribution in [3.05, 3.63) is 41.2 Å². The molecule has 98 valence electrons. The molecule has 1 saturated carbocycles. The lowest BCUT2D eigenvalue weighted by atomic mass is 9.83. The third-order valence-corrected chi connectivity index (χ3v) is 3.73. The van der Waals surface area contributed by atoms with Gasteiger partial charge >= 0.3 is 0 Å². The summed E-state index contributed by atoms with van der Waals surface area (Å²) in [6.45, 7) is 0.933. The zero-order valence-electron chi connectivity index (χ0n) is 11.1. The summed E-state index contributed by atoms with van der Waals surface area (Å²) in [6, 6.07) is 6.77. The van der Waals surface area contributed by atoms with Gasteiger partial charge in [0.05, 0.1) is 0 Å². The summed E-state index contributed by atoms with van der Waals surface area (Å²) in [4.78, 5) is 0. The van der Waals surface area contributed by atoms with Crippen LogP contribution < -0.4 is 5.32 Å². The first-order valence-corrected chi connectivity index (χ1v) is 6.90. The van der Waals surface area contributed by atoms with Crippen LogP contribution in [0.2, 0.25) is 0 Å². The Hall–Kier alpha value is -1.15. The topological polar surface area (TPSA) is 12.0 Å². The van der Waals surface area contributed by atoms with Gasteiger partial charge in [-0.05, 0) is 43.5 Å². The van der Waals surface area contributed by atoms with Gasteiger partial charge in [-0.1, -0.05) is 43.0 Å². The van der Waals surface area contributed by atoms with Gasteiger partial charge in [0.1, 0.15) is 5.82 Å². The zero-order valence-corrected chi connectivity index (χ0v) is 11.1. The van der Waals surface area contributed by atoms with Crippen LogP contribution in [0, 0.1) is 11.7 Å². The van der Waals surface area contributed by atoms with E-state index >= 15 is 0 Å². The Labute approximate surface area is 109 Å². The molecule has 0 spiro atoms. The molecule has 0 amide bonds. The molecule has 0 radical (unpaired) electrons. The number of halogens is 1. The lowest BCUT2D eigenvalue weighted by Crippen LogP contribution is -2.19. The predicted molar refractivity (Wildman–Crippen MR) is 74.9 cm³/mol. The fourth-order valence-corrected chi connectivity index (χ4v) is 2.76. The molecular formula is C16H22FN. The second-order valence-electron chi connectivity index (χ2n) is 5.14. The lowest BCUT2D eigenvalue weighted by molar-refractivity contribution is 0.398. The Kier molecular flexibility index (Phi) is 4.94. The molecule has 1 nitrogen and oxygen atoms in total. The third-order valence-electron chi connectivity index (χ3n) is 3.73. The molecule has 1 aliphatic rings. The largest absolute Gasteiger partial charge is 0.316 e. The fourth-order valence-electron chi connectivity index (χ4n) is 2.76. The van der Waals surface area contributed by atoms with Crippen LogP contribution in [0.15, 0.2) is 29.8 Å². The van der Waals surface area contributed by atoms with Crippen LogP contribution in [0.25, 0.3) is 6.08 Å². The van der Waals surface area contributed by atoms with E-state index in [0.29, 0.717) is 5.92 Å². The highest BCUT2D eigenvalue weighted by molar-refractivity contribution is 5.53. The van der Waals surface area contributed by atoms with Gasteiger partial charge in [-0.2, -0.15) is 0 Å². The van der Waals surface area contributed by atoms with Gasteiger partial charge in [-0.3, -0.25) is 0 Å². The van der Waals surface area contributed by atoms with Crippen LogP contribution in [0.1, 0.15) is 37.7 Å². The third kappa shape index (κ3) is 3.67. The van der Waals surface area contributed by atoms with E-state index < -0.39 is 0 Å². The highest BCUT2D eigenvalue weighted by atomic mass is 19.1. The minimum Gasteiger partial charge on any atom is -0.316 e. The highest BCUT2D eigenvalue weighted by Crippen LogP contribution is 2.30. The lowest BCUT2D eigenvalue weighted by Gasteiger charge is -2.24. The Bertz CT molecular complexity index is 388. The minimum absolute atomic E-state index is 0.167. The molecule has 2 heteroatoms. The molecule has 0 aliphatic heterocycles. The van der Waals surface area contributed by atoms with Crippen molar-refractivity contribution in [2.45, 2.75) is 32.1 Å². The molecular weight excluding hydrogens is 225 g/mol. The second-order valence-corrected chi connectivity index (χ2v) is 5.14. The standard InChI is InChI=1S/C16H22FN/c1-18-12-15(14-5-3-2-4-6-14)11-13-7-9-16(17)10-8-13/h7-11,14,18H,2-6,12H2,1H3. The van der Waals surface area contributed by atoms with Crippen LogP contribution >= 0.6 is 0 Å². The van der Waals surface area contributed by atoms with Crippen LogP contribution in [0.5, 0.6) is 0 Å². The highest BCUT2D eigenvalue weighted by Gasteiger charge is 2.17. The summed E-state index contributed by atoms with van der Waals surface area (Å²) in [5.74, 6) is 0.538. The molecule has 1 aromatic rings. The minimum atomic E-state index is -0.167. The van der Waals surface area contributed by atoms with Crippen molar-refractivity contribution < 1.29 is 4.39 Å². The number of hydrogen-bond donors (Lipinski definition) is 1. The van der Waals surface area contributed by atoms with Crippen LogP contribution in [-0.4, -0.2) is 13.6 Å². The van der Waals surface area contributed by atoms with Gasteiger partial charge in [-0.15, -0.1) is 0 Å². The first-order valence-electron chi connectivity index (χ1n) is 6.90. The molecule has 1 fully saturated rings. The molecule has 0 aromatic heterocycles. The van der Waals surface area contributed by atoms with Crippen molar-refractivity contribution in [2.24, 2.45) is 5.92 Å². The monoisotopic (exact) mass is 247 g/mol. The maximum atomic E-state index is 12.9. The Balaban J connectivity index is 2.14. The van der Waals surface area contributed by atoms with Crippen LogP contribution in [-0.2, 0) is 0 Å². The number of nitrogens with one attached hydrogen (secondary N) is 1. The van der Waals surface area contributed by atoms with E-state index in [4.69, 9.17) is 0 Å². The molecule has 2 rings (SSSR count). The number of rotatable bonds is 4. The van der Waals surface area contributed by atoms with E-state index in [9.17, 15) is 4.39 Å². The fraction of sp³-hybridized carbons (Fsp3) is 0.500. The van der Waals surface area contributed by atoms with Gasteiger partial charge in [0.15, 0.2) is 0 Å². The molecule has 0 bridgehead atoms. The van der Waals surface area contributed by atoms with E-state index in [2.05, 4.69) is 11.4 Å². The smallest absolute Gasteiger partial charge is 0.123 e. The SMILES string of the molecule is CNCC(=Cc1ccc(F)cc1)C1CCCCC1. The van der Waals surface area contributed by atoms with Crippen LogP contribution in [0.4, 0.5) is 4.39 Å². The van der Waals surface area contributed by atoms with Crippen molar-refractivity contribution in [3.63, 3.8) is 0 Å². The normalized spacial score (nSPS) is 18.0. The van der Waals surface area contributed by atoms with Crippen molar-refractivity contribution in [1.29, 1.82) is 0 Å². The number of benzene rings is 1. The van der Waals surface area contributed by atoms with Crippen molar-refractivity contribution in [1.82, 2.24) is 5.32 Å². The zero-order chi connectivity index (χ0) is 12.8. The van der Waals surface area contributed by atoms with Crippen molar-refractivity contribution in [2.75, 3.05) is 13.6 Å². The first kappa shape index (κ1) is 13.3. The maximum absolute atomic E-state index is 12.9. The van der Waals surface area contributed by atoms with Crippen molar-refractivity contribution >= 4 is 6.08 Å². The molecule has 0 atom stereocenters. The summed E-state index contributed by atoms with van der Waals surface area (Å²) in [5, 5.41) is 3.25. The Morgan fingerprint density at radius 3 is 2.50 bits per heavy atom. The second kappa shape index (κ2) is 6.69. The maximum Gasteiger partial charge on any atom is 0.123 e. The molecule has 1 aromatic carbocycles. The Morgan fingerprint density at radius 2 is 1.89 bits per heavy atom. The summed E-state index contributed by atoms with van der Waals surface area (Å²) in [6.07, 6.45) is 8.89. The molecule has 1 aliphatic carbocycles. The molecule has 0 unspecified atom stereocenters. The molecule has 0 heterocycles. The van der Waals surface area contributed by atoms with Crippen molar-refractivity contribution in [3.8, 4) is 0 Å². The van der Waals surface area contributed by atoms with Crippen LogP contribution in [0.3, 0.4) is 0 Å². The van der Waals surface area contributed by atoms with Gasteiger partial charge in [0.2, 0.25) is 0 Å². The summed E-state index contributed by atoms with van der Waals surface area (Å²) in [7, 11) is 1.99.